The van der Waals surface area contributed by atoms with Crippen molar-refractivity contribution in [3.63, 3.8) is 0 Å². The minimum atomic E-state index is -0.259. The van der Waals surface area contributed by atoms with E-state index in [2.05, 4.69) is 19.0 Å². The Balaban J connectivity index is 1.66. The molecule has 1 aliphatic rings. The van der Waals surface area contributed by atoms with Gasteiger partial charge in [0.25, 0.3) is 0 Å². The lowest BCUT2D eigenvalue weighted by molar-refractivity contribution is 0.116. The molecule has 4 aromatic rings. The highest BCUT2D eigenvalue weighted by Gasteiger charge is 2.25. The van der Waals surface area contributed by atoms with Gasteiger partial charge in [0.15, 0.2) is 28.1 Å². The van der Waals surface area contributed by atoms with Crippen LogP contribution < -0.4 is 18.9 Å². The molecule has 0 aliphatic carbocycles. The van der Waals surface area contributed by atoms with Gasteiger partial charge in [-0.15, -0.1) is 0 Å². The molecule has 13 heteroatoms. The molecular weight excluding hydrogens is 530 g/mol. The minimum Gasteiger partial charge on any atom is -0.494 e. The van der Waals surface area contributed by atoms with Crippen LogP contribution in [-0.4, -0.2) is 73.9 Å². The highest BCUT2D eigenvalue weighted by Crippen LogP contribution is 2.39. The summed E-state index contributed by atoms with van der Waals surface area (Å²) in [6.45, 7) is 3.87. The molecule has 0 unspecified atom stereocenters. The van der Waals surface area contributed by atoms with Crippen LogP contribution in [0.5, 0.6) is 17.4 Å². The molecule has 0 spiro atoms. The average molecular weight is 558 g/mol. The normalized spacial score (nSPS) is 14.6. The summed E-state index contributed by atoms with van der Waals surface area (Å²) in [6, 6.07) is 11.0. The third kappa shape index (κ3) is 5.30. The Morgan fingerprint density at radius 2 is 1.74 bits per heavy atom. The van der Waals surface area contributed by atoms with Gasteiger partial charge in [-0.3, -0.25) is 9.29 Å². The number of anilines is 1. The molecule has 1 aromatic carbocycles. The Hall–Kier alpha value is -3.32. The Labute approximate surface area is 229 Å². The van der Waals surface area contributed by atoms with Crippen molar-refractivity contribution in [3.8, 4) is 34.6 Å². The number of methoxy groups -OCH3 is 2. The second kappa shape index (κ2) is 11.6. The Bertz CT molecular complexity index is 1410. The standard InChI is InChI=1S/C25H28ClN7O4S/c1-4-37-19-10-5-7-16(27-19)24-30-23-25(33(24)20-17(35-2)8-6-9-18(20)36-3)29-22(21(26)28-23)31-38-32-13-11-15(34)12-14-32/h5-10,15,34H,4,11-14H2,1-3H3,(H,29,31). The second-order valence-electron chi connectivity index (χ2n) is 8.44. The fourth-order valence-electron chi connectivity index (χ4n) is 4.18. The van der Waals surface area contributed by atoms with Crippen LogP contribution in [0.2, 0.25) is 5.15 Å². The predicted molar refractivity (Wildman–Crippen MR) is 147 cm³/mol. The van der Waals surface area contributed by atoms with E-state index in [-0.39, 0.29) is 11.3 Å². The molecule has 200 valence electrons. The number of aliphatic hydroxyl groups is 1. The lowest BCUT2D eigenvalue weighted by atomic mass is 10.1. The molecule has 0 radical (unpaired) electrons. The highest BCUT2D eigenvalue weighted by molar-refractivity contribution is 7.98. The van der Waals surface area contributed by atoms with Crippen LogP contribution in [0.3, 0.4) is 0 Å². The first kappa shape index (κ1) is 26.3. The molecule has 1 fully saturated rings. The van der Waals surface area contributed by atoms with Gasteiger partial charge in [0.05, 0.1) is 26.9 Å². The van der Waals surface area contributed by atoms with Crippen LogP contribution in [-0.2, 0) is 0 Å². The monoisotopic (exact) mass is 557 g/mol. The maximum Gasteiger partial charge on any atom is 0.213 e. The van der Waals surface area contributed by atoms with Crippen LogP contribution >= 0.6 is 23.7 Å². The van der Waals surface area contributed by atoms with Gasteiger partial charge in [-0.1, -0.05) is 23.7 Å². The number of hydrogen-bond donors (Lipinski definition) is 2. The van der Waals surface area contributed by atoms with Gasteiger partial charge < -0.3 is 19.3 Å². The quantitative estimate of drug-likeness (QED) is 0.285. The molecule has 2 N–H and O–H groups in total. The van der Waals surface area contributed by atoms with Gasteiger partial charge in [0.2, 0.25) is 5.88 Å². The van der Waals surface area contributed by atoms with E-state index in [1.165, 1.54) is 12.1 Å². The first-order valence-corrected chi connectivity index (χ1v) is 13.3. The molecule has 3 aromatic heterocycles. The van der Waals surface area contributed by atoms with Crippen molar-refractivity contribution >= 4 is 40.8 Å². The first-order valence-electron chi connectivity index (χ1n) is 12.2. The number of piperidine rings is 1. The molecular formula is C25H28ClN7O4S. The summed E-state index contributed by atoms with van der Waals surface area (Å²) in [5.74, 6) is 2.43. The Morgan fingerprint density at radius 3 is 2.42 bits per heavy atom. The number of benzene rings is 1. The zero-order chi connectivity index (χ0) is 26.6. The lowest BCUT2D eigenvalue weighted by Gasteiger charge is -2.27. The van der Waals surface area contributed by atoms with Crippen molar-refractivity contribution in [2.45, 2.75) is 25.9 Å². The molecule has 1 aliphatic heterocycles. The van der Waals surface area contributed by atoms with Gasteiger partial charge >= 0.3 is 0 Å². The van der Waals surface area contributed by atoms with E-state index < -0.39 is 0 Å². The number of hydrogen-bond acceptors (Lipinski definition) is 11. The maximum absolute atomic E-state index is 9.80. The van der Waals surface area contributed by atoms with Crippen LogP contribution in [0, 0.1) is 0 Å². The van der Waals surface area contributed by atoms with Crippen LogP contribution in [0.25, 0.3) is 28.5 Å². The molecule has 5 rings (SSSR count). The number of ether oxygens (including phenoxy) is 3. The molecule has 38 heavy (non-hydrogen) atoms. The zero-order valence-corrected chi connectivity index (χ0v) is 22.8. The van der Waals surface area contributed by atoms with E-state index in [4.69, 9.17) is 35.8 Å². The fourth-order valence-corrected chi connectivity index (χ4v) is 5.16. The van der Waals surface area contributed by atoms with Crippen molar-refractivity contribution in [2.75, 3.05) is 38.6 Å². The number of aliphatic hydroxyl groups excluding tert-OH is 1. The van der Waals surface area contributed by atoms with Crippen LogP contribution in [0.4, 0.5) is 5.82 Å². The number of fused-ring (bicyclic) bond motifs is 1. The van der Waals surface area contributed by atoms with Crippen molar-refractivity contribution in [1.29, 1.82) is 0 Å². The fraction of sp³-hybridized carbons (Fsp3) is 0.360. The Morgan fingerprint density at radius 1 is 1.03 bits per heavy atom. The average Bonchev–Trinajstić information content (AvgIpc) is 3.30. The molecule has 0 atom stereocenters. The molecule has 11 nitrogen and oxygen atoms in total. The van der Waals surface area contributed by atoms with Gasteiger partial charge in [-0.25, -0.2) is 24.2 Å². The number of nitrogens with one attached hydrogen (secondary N) is 1. The summed E-state index contributed by atoms with van der Waals surface area (Å²) >= 11 is 7.92. The summed E-state index contributed by atoms with van der Waals surface area (Å²) < 4.78 is 24.2. The van der Waals surface area contributed by atoms with E-state index in [1.807, 2.05) is 41.8 Å². The molecule has 4 heterocycles. The minimum absolute atomic E-state index is 0.182. The summed E-state index contributed by atoms with van der Waals surface area (Å²) in [6.07, 6.45) is 1.17. The third-order valence-corrected chi connectivity index (χ3v) is 7.19. The van der Waals surface area contributed by atoms with E-state index in [1.54, 1.807) is 20.3 Å². The van der Waals surface area contributed by atoms with Crippen molar-refractivity contribution in [3.05, 3.63) is 41.6 Å². The molecule has 0 amide bonds. The number of rotatable bonds is 9. The summed E-state index contributed by atoms with van der Waals surface area (Å²) in [7, 11) is 3.18. The van der Waals surface area contributed by atoms with E-state index >= 15 is 0 Å². The predicted octanol–water partition coefficient (Wildman–Crippen LogP) is 4.38. The van der Waals surface area contributed by atoms with Crippen LogP contribution in [0.1, 0.15) is 19.8 Å². The SMILES string of the molecule is CCOc1cccc(-c2nc3nc(Cl)c(NSN4CCC(O)CC4)nc3n2-c2c(OC)cccc2OC)n1. The van der Waals surface area contributed by atoms with E-state index in [0.29, 0.717) is 71.1 Å². The molecule has 0 saturated carbocycles. The van der Waals surface area contributed by atoms with Gasteiger partial charge in [-0.05, 0) is 38.0 Å². The number of aromatic nitrogens is 5. The molecule has 0 bridgehead atoms. The Kier molecular flexibility index (Phi) is 8.03. The summed E-state index contributed by atoms with van der Waals surface area (Å²) in [4.78, 5) is 18.8. The lowest BCUT2D eigenvalue weighted by Crippen LogP contribution is -2.32. The largest absolute Gasteiger partial charge is 0.494 e. The number of nitrogens with zero attached hydrogens (tertiary/aromatic N) is 6. The summed E-state index contributed by atoms with van der Waals surface area (Å²) in [5.41, 5.74) is 1.92. The third-order valence-electron chi connectivity index (χ3n) is 6.02. The van der Waals surface area contributed by atoms with Crippen molar-refractivity contribution in [1.82, 2.24) is 28.8 Å². The smallest absolute Gasteiger partial charge is 0.213 e. The van der Waals surface area contributed by atoms with Gasteiger partial charge in [0, 0.05) is 31.3 Å². The number of halogens is 1. The van der Waals surface area contributed by atoms with Gasteiger partial charge in [0.1, 0.15) is 22.9 Å². The van der Waals surface area contributed by atoms with E-state index in [0.717, 1.165) is 13.1 Å². The highest BCUT2D eigenvalue weighted by atomic mass is 35.5. The van der Waals surface area contributed by atoms with Crippen molar-refractivity contribution in [2.24, 2.45) is 0 Å². The first-order chi connectivity index (χ1) is 18.5. The zero-order valence-electron chi connectivity index (χ0n) is 21.2. The maximum atomic E-state index is 9.80. The number of imidazole rings is 1. The number of pyridine rings is 1. The van der Waals surface area contributed by atoms with E-state index in [9.17, 15) is 5.11 Å². The summed E-state index contributed by atoms with van der Waals surface area (Å²) in [5, 5.41) is 9.98. The number of para-hydroxylation sites is 1. The van der Waals surface area contributed by atoms with Crippen molar-refractivity contribution < 1.29 is 19.3 Å². The van der Waals surface area contributed by atoms with Gasteiger partial charge in [-0.2, -0.15) is 0 Å². The second-order valence-corrected chi connectivity index (χ2v) is 9.70. The topological polar surface area (TPSA) is 120 Å². The molecule has 1 saturated heterocycles. The van der Waals surface area contributed by atoms with Crippen LogP contribution in [0.15, 0.2) is 36.4 Å².